The van der Waals surface area contributed by atoms with E-state index >= 15 is 0 Å². The van der Waals surface area contributed by atoms with Crippen molar-refractivity contribution in [1.29, 1.82) is 0 Å². The van der Waals surface area contributed by atoms with E-state index in [-0.39, 0.29) is 5.56 Å². The standard InChI is InChI=1S/C22H16BrClN2O3S/c1-12-18(21(28)29-2)19(15-5-3-4-6-16(15)24)26-20(27)17(30-22(26)25-12)11-13-7-9-14(23)10-8-13/h3-11,19H,1-2H3/b17-11+. The first-order valence-corrected chi connectivity index (χ1v) is 11.0. The first-order chi connectivity index (χ1) is 14.4. The summed E-state index contributed by atoms with van der Waals surface area (Å²) in [4.78, 5) is 31.1. The largest absolute Gasteiger partial charge is 0.466 e. The van der Waals surface area contributed by atoms with E-state index < -0.39 is 12.0 Å². The molecular formula is C22H16BrClN2O3S. The number of allylic oxidation sites excluding steroid dienone is 1. The highest BCUT2D eigenvalue weighted by Crippen LogP contribution is 2.34. The first-order valence-electron chi connectivity index (χ1n) is 9.01. The highest BCUT2D eigenvalue weighted by Gasteiger charge is 2.34. The molecular weight excluding hydrogens is 488 g/mol. The van der Waals surface area contributed by atoms with Crippen LogP contribution in [0.5, 0.6) is 0 Å². The Morgan fingerprint density at radius 1 is 1.23 bits per heavy atom. The highest BCUT2D eigenvalue weighted by molar-refractivity contribution is 9.10. The number of ether oxygens (including phenoxy) is 1. The zero-order valence-electron chi connectivity index (χ0n) is 16.1. The van der Waals surface area contributed by atoms with Crippen molar-refractivity contribution in [2.45, 2.75) is 13.0 Å². The van der Waals surface area contributed by atoms with Gasteiger partial charge in [-0.15, -0.1) is 0 Å². The maximum atomic E-state index is 13.4. The quantitative estimate of drug-likeness (QED) is 0.511. The van der Waals surface area contributed by atoms with E-state index in [0.717, 1.165) is 10.0 Å². The molecule has 0 fully saturated rings. The third kappa shape index (κ3) is 3.69. The number of hydrogen-bond donors (Lipinski definition) is 0. The van der Waals surface area contributed by atoms with Crippen LogP contribution in [0.15, 0.2) is 74.1 Å². The van der Waals surface area contributed by atoms with Crippen LogP contribution in [-0.4, -0.2) is 17.6 Å². The summed E-state index contributed by atoms with van der Waals surface area (Å²) < 4.78 is 8.00. The Morgan fingerprint density at radius 3 is 2.60 bits per heavy atom. The van der Waals surface area contributed by atoms with E-state index in [2.05, 4.69) is 20.9 Å². The molecule has 0 saturated carbocycles. The molecule has 5 nitrogen and oxygen atoms in total. The lowest BCUT2D eigenvalue weighted by molar-refractivity contribution is -0.136. The van der Waals surface area contributed by atoms with Crippen molar-refractivity contribution >= 4 is 50.9 Å². The van der Waals surface area contributed by atoms with E-state index in [1.165, 1.54) is 23.0 Å². The maximum Gasteiger partial charge on any atom is 0.338 e. The fraction of sp³-hybridized carbons (Fsp3) is 0.136. The monoisotopic (exact) mass is 502 g/mol. The second-order valence-corrected chi connectivity index (χ2v) is 8.98. The van der Waals surface area contributed by atoms with Gasteiger partial charge < -0.3 is 4.74 Å². The number of rotatable bonds is 3. The van der Waals surface area contributed by atoms with Gasteiger partial charge in [-0.3, -0.25) is 9.36 Å². The van der Waals surface area contributed by atoms with Crippen LogP contribution in [0.4, 0.5) is 0 Å². The van der Waals surface area contributed by atoms with Crippen LogP contribution in [-0.2, 0) is 9.53 Å². The zero-order valence-corrected chi connectivity index (χ0v) is 19.2. The third-order valence-corrected chi connectivity index (χ3v) is 6.65. The number of esters is 1. The Morgan fingerprint density at radius 2 is 1.93 bits per heavy atom. The number of methoxy groups -OCH3 is 1. The van der Waals surface area contributed by atoms with Gasteiger partial charge in [0.15, 0.2) is 4.80 Å². The van der Waals surface area contributed by atoms with Crippen molar-refractivity contribution in [2.75, 3.05) is 7.11 Å². The summed E-state index contributed by atoms with van der Waals surface area (Å²) in [7, 11) is 1.31. The molecule has 4 rings (SSSR count). The van der Waals surface area contributed by atoms with Crippen molar-refractivity contribution < 1.29 is 9.53 Å². The number of hydrogen-bond acceptors (Lipinski definition) is 5. The molecule has 0 saturated heterocycles. The third-order valence-electron chi connectivity index (χ3n) is 4.79. The molecule has 152 valence electrons. The summed E-state index contributed by atoms with van der Waals surface area (Å²) >= 11 is 11.1. The second kappa shape index (κ2) is 8.34. The normalized spacial score (nSPS) is 16.3. The number of benzene rings is 2. The predicted octanol–water partition coefficient (Wildman–Crippen LogP) is 3.82. The van der Waals surface area contributed by atoms with Crippen molar-refractivity contribution in [3.05, 3.63) is 100 Å². The fourth-order valence-corrected chi connectivity index (χ4v) is 4.94. The molecule has 8 heteroatoms. The molecule has 1 aliphatic rings. The first kappa shape index (κ1) is 20.8. The summed E-state index contributed by atoms with van der Waals surface area (Å²) in [5.74, 6) is -0.539. The molecule has 0 radical (unpaired) electrons. The summed E-state index contributed by atoms with van der Waals surface area (Å²) in [5, 5.41) is 0.459. The molecule has 2 heterocycles. The molecule has 0 aliphatic carbocycles. The SMILES string of the molecule is COC(=O)C1=C(C)N=c2s/c(=C/c3ccc(Br)cc3)c(=O)n2C1c1ccccc1Cl. The molecule has 30 heavy (non-hydrogen) atoms. The Hall–Kier alpha value is -2.48. The minimum atomic E-state index is -0.713. The van der Waals surface area contributed by atoms with Gasteiger partial charge in [0.05, 0.1) is 22.9 Å². The molecule has 1 aromatic heterocycles. The summed E-state index contributed by atoms with van der Waals surface area (Å²) in [6.45, 7) is 1.74. The van der Waals surface area contributed by atoms with Gasteiger partial charge in [-0.25, -0.2) is 9.79 Å². The molecule has 1 atom stereocenters. The Bertz CT molecular complexity index is 1360. The van der Waals surface area contributed by atoms with Crippen molar-refractivity contribution in [3.63, 3.8) is 0 Å². The second-order valence-electron chi connectivity index (χ2n) is 6.65. The molecule has 0 amide bonds. The van der Waals surface area contributed by atoms with E-state index in [4.69, 9.17) is 16.3 Å². The summed E-state index contributed by atoms with van der Waals surface area (Å²) in [6, 6.07) is 14.1. The van der Waals surface area contributed by atoms with Gasteiger partial charge in [0.1, 0.15) is 6.04 Å². The van der Waals surface area contributed by atoms with Crippen LogP contribution < -0.4 is 14.9 Å². The number of thiazole rings is 1. The fourth-order valence-electron chi connectivity index (χ4n) is 3.39. The van der Waals surface area contributed by atoms with Gasteiger partial charge in [-0.05, 0) is 42.3 Å². The number of halogens is 2. The summed E-state index contributed by atoms with van der Waals surface area (Å²) in [6.07, 6.45) is 1.82. The summed E-state index contributed by atoms with van der Waals surface area (Å²) in [5.41, 5.74) is 2.10. The van der Waals surface area contributed by atoms with Crippen LogP contribution in [0.3, 0.4) is 0 Å². The van der Waals surface area contributed by atoms with Crippen LogP contribution in [0.2, 0.25) is 5.02 Å². The highest BCUT2D eigenvalue weighted by atomic mass is 79.9. The number of nitrogens with zero attached hydrogens (tertiary/aromatic N) is 2. The number of aromatic nitrogens is 1. The van der Waals surface area contributed by atoms with Crippen LogP contribution in [0.1, 0.15) is 24.1 Å². The maximum absolute atomic E-state index is 13.4. The van der Waals surface area contributed by atoms with Gasteiger partial charge >= 0.3 is 5.97 Å². The van der Waals surface area contributed by atoms with Crippen molar-refractivity contribution in [2.24, 2.45) is 4.99 Å². The Kier molecular flexibility index (Phi) is 5.77. The molecule has 0 N–H and O–H groups in total. The average Bonchev–Trinajstić information content (AvgIpc) is 3.03. The van der Waals surface area contributed by atoms with Gasteiger partial charge in [-0.1, -0.05) is 69.2 Å². The molecule has 0 bridgehead atoms. The minimum absolute atomic E-state index is 0.236. The van der Waals surface area contributed by atoms with Gasteiger partial charge in [-0.2, -0.15) is 0 Å². The lowest BCUT2D eigenvalue weighted by atomic mass is 9.96. The van der Waals surface area contributed by atoms with Gasteiger partial charge in [0, 0.05) is 9.50 Å². The van der Waals surface area contributed by atoms with Crippen molar-refractivity contribution in [1.82, 2.24) is 4.57 Å². The lowest BCUT2D eigenvalue weighted by Crippen LogP contribution is -2.39. The van der Waals surface area contributed by atoms with E-state index in [9.17, 15) is 9.59 Å². The Balaban J connectivity index is 2.00. The van der Waals surface area contributed by atoms with Gasteiger partial charge in [0.25, 0.3) is 5.56 Å². The van der Waals surface area contributed by atoms with Crippen LogP contribution in [0.25, 0.3) is 6.08 Å². The molecule has 1 unspecified atom stereocenters. The van der Waals surface area contributed by atoms with Gasteiger partial charge in [0.2, 0.25) is 0 Å². The Labute approximate surface area is 189 Å². The van der Waals surface area contributed by atoms with E-state index in [1.54, 1.807) is 25.1 Å². The average molecular weight is 504 g/mol. The van der Waals surface area contributed by atoms with Crippen LogP contribution >= 0.6 is 38.9 Å². The molecule has 3 aromatic rings. The predicted molar refractivity (Wildman–Crippen MR) is 121 cm³/mol. The topological polar surface area (TPSA) is 60.7 Å². The molecule has 0 spiro atoms. The van der Waals surface area contributed by atoms with E-state index in [0.29, 0.717) is 31.2 Å². The van der Waals surface area contributed by atoms with Crippen LogP contribution in [0, 0.1) is 0 Å². The van der Waals surface area contributed by atoms with Crippen molar-refractivity contribution in [3.8, 4) is 0 Å². The number of carbonyl (C=O) groups is 1. The van der Waals surface area contributed by atoms with E-state index in [1.807, 2.05) is 36.4 Å². The molecule has 1 aliphatic heterocycles. The number of fused-ring (bicyclic) bond motifs is 1. The number of carbonyl (C=O) groups excluding carboxylic acids is 1. The minimum Gasteiger partial charge on any atom is -0.466 e. The smallest absolute Gasteiger partial charge is 0.338 e. The zero-order chi connectivity index (χ0) is 21.4. The molecule has 2 aromatic carbocycles. The lowest BCUT2D eigenvalue weighted by Gasteiger charge is -2.25.